The van der Waals surface area contributed by atoms with Crippen LogP contribution in [0.1, 0.15) is 10.4 Å². The summed E-state index contributed by atoms with van der Waals surface area (Å²) in [4.78, 5) is 12.2. The van der Waals surface area contributed by atoms with Crippen LogP contribution in [-0.2, 0) is 0 Å². The zero-order valence-electron chi connectivity index (χ0n) is 11.1. The molecular formula is C15H11ClO5. The number of benzene rings is 2. The second kappa shape index (κ2) is 5.54. The van der Waals surface area contributed by atoms with Crippen molar-refractivity contribution in [2.45, 2.75) is 0 Å². The molecule has 2 aromatic rings. The Labute approximate surface area is 125 Å². The summed E-state index contributed by atoms with van der Waals surface area (Å²) in [5.74, 6) is 1.35. The summed E-state index contributed by atoms with van der Waals surface area (Å²) in [6.45, 7) is 0.162. The van der Waals surface area contributed by atoms with Crippen LogP contribution in [0, 0.1) is 0 Å². The van der Waals surface area contributed by atoms with E-state index < -0.39 is 5.97 Å². The van der Waals surface area contributed by atoms with Crippen molar-refractivity contribution in [3.05, 3.63) is 47.0 Å². The van der Waals surface area contributed by atoms with Crippen molar-refractivity contribution in [1.29, 1.82) is 0 Å². The van der Waals surface area contributed by atoms with E-state index in [4.69, 9.17) is 30.5 Å². The van der Waals surface area contributed by atoms with Gasteiger partial charge in [-0.1, -0.05) is 11.6 Å². The lowest BCUT2D eigenvalue weighted by atomic mass is 10.2. The number of hydrogen-bond donors (Lipinski definition) is 0. The third-order valence-electron chi connectivity index (χ3n) is 2.94. The molecule has 0 unspecified atom stereocenters. The molecule has 3 rings (SSSR count). The topological polar surface area (TPSA) is 54.0 Å². The first-order valence-corrected chi connectivity index (χ1v) is 6.50. The first kappa shape index (κ1) is 13.6. The van der Waals surface area contributed by atoms with E-state index in [2.05, 4.69) is 0 Å². The van der Waals surface area contributed by atoms with Gasteiger partial charge >= 0.3 is 5.97 Å². The van der Waals surface area contributed by atoms with E-state index in [9.17, 15) is 4.79 Å². The number of fused-ring (bicyclic) bond motifs is 1. The molecular weight excluding hydrogens is 296 g/mol. The fourth-order valence-electron chi connectivity index (χ4n) is 1.94. The van der Waals surface area contributed by atoms with Gasteiger partial charge in [0.15, 0.2) is 11.5 Å². The number of esters is 1. The van der Waals surface area contributed by atoms with E-state index in [0.717, 1.165) is 0 Å². The molecule has 0 spiro atoms. The molecule has 0 atom stereocenters. The molecule has 0 aromatic heterocycles. The predicted molar refractivity (Wildman–Crippen MR) is 75.5 cm³/mol. The number of ether oxygens (including phenoxy) is 4. The first-order chi connectivity index (χ1) is 10.2. The van der Waals surface area contributed by atoms with Crippen LogP contribution in [-0.4, -0.2) is 19.9 Å². The Hall–Kier alpha value is -2.40. The molecule has 21 heavy (non-hydrogen) atoms. The van der Waals surface area contributed by atoms with Crippen molar-refractivity contribution >= 4 is 17.6 Å². The minimum atomic E-state index is -0.562. The van der Waals surface area contributed by atoms with Gasteiger partial charge in [-0.2, -0.15) is 0 Å². The molecule has 0 N–H and O–H groups in total. The minimum absolute atomic E-state index is 0.162. The predicted octanol–water partition coefficient (Wildman–Crippen LogP) is 3.30. The fraction of sp³-hybridized carbons (Fsp3) is 0.133. The lowest BCUT2D eigenvalue weighted by Gasteiger charge is -2.09. The van der Waals surface area contributed by atoms with Crippen molar-refractivity contribution in [1.82, 2.24) is 0 Å². The standard InChI is InChI=1S/C15H11ClO5/c1-18-12-4-2-9(16)6-11(12)15(17)21-10-3-5-13-14(7-10)20-8-19-13/h2-7H,8H2,1H3. The van der Waals surface area contributed by atoms with E-state index >= 15 is 0 Å². The molecule has 0 fully saturated rings. The summed E-state index contributed by atoms with van der Waals surface area (Å²) in [7, 11) is 1.47. The van der Waals surface area contributed by atoms with Crippen LogP contribution < -0.4 is 18.9 Å². The summed E-state index contributed by atoms with van der Waals surface area (Å²) < 4.78 is 20.9. The maximum Gasteiger partial charge on any atom is 0.347 e. The van der Waals surface area contributed by atoms with Gasteiger partial charge in [-0.15, -0.1) is 0 Å². The van der Waals surface area contributed by atoms with E-state index in [1.165, 1.54) is 13.2 Å². The number of rotatable bonds is 3. The van der Waals surface area contributed by atoms with Crippen molar-refractivity contribution in [3.63, 3.8) is 0 Å². The molecule has 0 saturated heterocycles. The van der Waals surface area contributed by atoms with Gasteiger partial charge in [0.25, 0.3) is 0 Å². The lowest BCUT2D eigenvalue weighted by Crippen LogP contribution is -2.10. The normalized spacial score (nSPS) is 12.1. The summed E-state index contributed by atoms with van der Waals surface area (Å²) in [6, 6.07) is 9.64. The summed E-state index contributed by atoms with van der Waals surface area (Å²) >= 11 is 5.90. The molecule has 1 heterocycles. The van der Waals surface area contributed by atoms with Gasteiger partial charge in [-0.3, -0.25) is 0 Å². The van der Waals surface area contributed by atoms with Gasteiger partial charge in [0.05, 0.1) is 7.11 Å². The Morgan fingerprint density at radius 2 is 1.95 bits per heavy atom. The largest absolute Gasteiger partial charge is 0.496 e. The molecule has 0 aliphatic carbocycles. The Bertz CT molecular complexity index is 698. The fourth-order valence-corrected chi connectivity index (χ4v) is 2.11. The highest BCUT2D eigenvalue weighted by Crippen LogP contribution is 2.35. The van der Waals surface area contributed by atoms with E-state index in [1.54, 1.807) is 30.3 Å². The minimum Gasteiger partial charge on any atom is -0.496 e. The van der Waals surface area contributed by atoms with E-state index in [-0.39, 0.29) is 12.4 Å². The number of hydrogen-bond acceptors (Lipinski definition) is 5. The number of methoxy groups -OCH3 is 1. The molecule has 2 aromatic carbocycles. The molecule has 5 nitrogen and oxygen atoms in total. The molecule has 6 heteroatoms. The highest BCUT2D eigenvalue weighted by Gasteiger charge is 2.18. The Kier molecular flexibility index (Phi) is 3.58. The molecule has 0 bridgehead atoms. The van der Waals surface area contributed by atoms with Crippen LogP contribution in [0.3, 0.4) is 0 Å². The first-order valence-electron chi connectivity index (χ1n) is 6.13. The van der Waals surface area contributed by atoms with Crippen LogP contribution in [0.5, 0.6) is 23.0 Å². The highest BCUT2D eigenvalue weighted by atomic mass is 35.5. The van der Waals surface area contributed by atoms with Gasteiger partial charge < -0.3 is 18.9 Å². The summed E-state index contributed by atoms with van der Waals surface area (Å²) in [5, 5.41) is 0.424. The lowest BCUT2D eigenvalue weighted by molar-refractivity contribution is 0.0731. The van der Waals surface area contributed by atoms with Crippen molar-refractivity contribution in [3.8, 4) is 23.0 Å². The second-order valence-corrected chi connectivity index (χ2v) is 4.69. The Morgan fingerprint density at radius 3 is 2.76 bits per heavy atom. The van der Waals surface area contributed by atoms with Crippen LogP contribution in [0.25, 0.3) is 0 Å². The Morgan fingerprint density at radius 1 is 1.14 bits per heavy atom. The van der Waals surface area contributed by atoms with Gasteiger partial charge in [-0.05, 0) is 30.3 Å². The van der Waals surface area contributed by atoms with Crippen LogP contribution in [0.15, 0.2) is 36.4 Å². The summed E-state index contributed by atoms with van der Waals surface area (Å²) in [6.07, 6.45) is 0. The molecule has 0 saturated carbocycles. The van der Waals surface area contributed by atoms with Crippen LogP contribution in [0.2, 0.25) is 5.02 Å². The third-order valence-corrected chi connectivity index (χ3v) is 3.17. The smallest absolute Gasteiger partial charge is 0.347 e. The van der Waals surface area contributed by atoms with Gasteiger partial charge in [0.2, 0.25) is 6.79 Å². The average molecular weight is 307 g/mol. The SMILES string of the molecule is COc1ccc(Cl)cc1C(=O)Oc1ccc2c(c1)OCO2. The molecule has 108 valence electrons. The third kappa shape index (κ3) is 2.73. The van der Waals surface area contributed by atoms with Gasteiger partial charge in [0.1, 0.15) is 17.1 Å². The van der Waals surface area contributed by atoms with Crippen molar-refractivity contribution < 1.29 is 23.7 Å². The quantitative estimate of drug-likeness (QED) is 0.643. The van der Waals surface area contributed by atoms with E-state index in [1.807, 2.05) is 0 Å². The average Bonchev–Trinajstić information content (AvgIpc) is 2.94. The van der Waals surface area contributed by atoms with Gasteiger partial charge in [-0.25, -0.2) is 4.79 Å². The summed E-state index contributed by atoms with van der Waals surface area (Å²) in [5.41, 5.74) is 0.252. The molecule has 0 radical (unpaired) electrons. The molecule has 1 aliphatic rings. The zero-order valence-corrected chi connectivity index (χ0v) is 11.8. The Balaban J connectivity index is 1.85. The second-order valence-electron chi connectivity index (χ2n) is 4.25. The number of halogens is 1. The monoisotopic (exact) mass is 306 g/mol. The van der Waals surface area contributed by atoms with Gasteiger partial charge in [0, 0.05) is 11.1 Å². The zero-order chi connectivity index (χ0) is 14.8. The molecule has 0 amide bonds. The number of carbonyl (C=O) groups excluding carboxylic acids is 1. The maximum absolute atomic E-state index is 12.2. The highest BCUT2D eigenvalue weighted by molar-refractivity contribution is 6.31. The van der Waals surface area contributed by atoms with Crippen LogP contribution in [0.4, 0.5) is 0 Å². The van der Waals surface area contributed by atoms with Crippen LogP contribution >= 0.6 is 11.6 Å². The number of carbonyl (C=O) groups is 1. The maximum atomic E-state index is 12.2. The van der Waals surface area contributed by atoms with E-state index in [0.29, 0.717) is 28.0 Å². The van der Waals surface area contributed by atoms with Crippen molar-refractivity contribution in [2.24, 2.45) is 0 Å². The van der Waals surface area contributed by atoms with Crippen molar-refractivity contribution in [2.75, 3.05) is 13.9 Å². The molecule has 1 aliphatic heterocycles.